The summed E-state index contributed by atoms with van der Waals surface area (Å²) in [7, 11) is 0. The summed E-state index contributed by atoms with van der Waals surface area (Å²) in [6.07, 6.45) is 1.62. The van der Waals surface area contributed by atoms with Crippen LogP contribution < -0.4 is 10.1 Å². The van der Waals surface area contributed by atoms with Gasteiger partial charge in [-0.15, -0.1) is 0 Å². The quantitative estimate of drug-likeness (QED) is 0.890. The smallest absolute Gasteiger partial charge is 0.142 e. The lowest BCUT2D eigenvalue weighted by atomic mass is 10.2. The van der Waals surface area contributed by atoms with Gasteiger partial charge < -0.3 is 10.1 Å². The number of rotatable bonds is 5. The molecule has 0 amide bonds. The van der Waals surface area contributed by atoms with Crippen molar-refractivity contribution < 1.29 is 4.74 Å². The number of anilines is 1. The summed E-state index contributed by atoms with van der Waals surface area (Å²) in [5.41, 5.74) is 2.42. The molecule has 96 valence electrons. The molecule has 0 bridgehead atoms. The Morgan fingerprint density at radius 2 is 2.21 bits per heavy atom. The number of pyridine rings is 1. The Balaban J connectivity index is 2.01. The average molecular weight is 253 g/mol. The van der Waals surface area contributed by atoms with Crippen LogP contribution in [0.2, 0.25) is 0 Å². The highest BCUT2D eigenvalue weighted by Gasteiger charge is 1.98. The van der Waals surface area contributed by atoms with Gasteiger partial charge in [-0.25, -0.2) is 4.98 Å². The number of benzene rings is 1. The van der Waals surface area contributed by atoms with Crippen molar-refractivity contribution in [3.63, 3.8) is 0 Å². The molecule has 0 saturated carbocycles. The third-order valence-corrected chi connectivity index (χ3v) is 2.58. The second kappa shape index (κ2) is 6.41. The maximum Gasteiger partial charge on any atom is 0.142 e. The Kier molecular flexibility index (Phi) is 4.35. The van der Waals surface area contributed by atoms with Crippen LogP contribution in [-0.2, 0) is 6.54 Å². The molecule has 0 atom stereocenters. The molecule has 1 aromatic heterocycles. The van der Waals surface area contributed by atoms with Crippen molar-refractivity contribution in [2.24, 2.45) is 0 Å². The molecule has 1 aromatic carbocycles. The molecule has 4 nitrogen and oxygen atoms in total. The molecule has 1 heterocycles. The second-order valence-corrected chi connectivity index (χ2v) is 3.98. The number of nitrogens with one attached hydrogen (secondary N) is 1. The van der Waals surface area contributed by atoms with Crippen LogP contribution in [0.1, 0.15) is 18.2 Å². The van der Waals surface area contributed by atoms with E-state index in [4.69, 9.17) is 10.00 Å². The summed E-state index contributed by atoms with van der Waals surface area (Å²) in [5, 5.41) is 12.0. The van der Waals surface area contributed by atoms with Crippen LogP contribution in [0.5, 0.6) is 5.75 Å². The third-order valence-electron chi connectivity index (χ3n) is 2.58. The predicted molar refractivity (Wildman–Crippen MR) is 73.9 cm³/mol. The molecular formula is C15H15N3O. The standard InChI is InChI=1S/C15H15N3O/c1-2-19-15-5-3-4-12(8-15)11-18-13-6-7-17-14(9-13)10-16/h3-9H,2,11H2,1H3,(H,17,18). The molecule has 0 aliphatic carbocycles. The first-order valence-electron chi connectivity index (χ1n) is 6.13. The zero-order valence-corrected chi connectivity index (χ0v) is 10.8. The number of hydrogen-bond acceptors (Lipinski definition) is 4. The molecule has 2 rings (SSSR count). The summed E-state index contributed by atoms with van der Waals surface area (Å²) in [6.45, 7) is 3.30. The van der Waals surface area contributed by atoms with Crippen molar-refractivity contribution in [3.8, 4) is 11.8 Å². The van der Waals surface area contributed by atoms with Crippen LogP contribution in [0.15, 0.2) is 42.6 Å². The summed E-state index contributed by atoms with van der Waals surface area (Å²) >= 11 is 0. The summed E-state index contributed by atoms with van der Waals surface area (Å²) in [6, 6.07) is 13.5. The first-order valence-corrected chi connectivity index (χ1v) is 6.13. The molecule has 0 radical (unpaired) electrons. The van der Waals surface area contributed by atoms with Gasteiger partial charge in [-0.3, -0.25) is 0 Å². The van der Waals surface area contributed by atoms with Crippen LogP contribution in [0.25, 0.3) is 0 Å². The van der Waals surface area contributed by atoms with Gasteiger partial charge in [-0.05, 0) is 36.8 Å². The number of nitriles is 1. The number of aromatic nitrogens is 1. The maximum absolute atomic E-state index is 8.79. The maximum atomic E-state index is 8.79. The van der Waals surface area contributed by atoms with Crippen molar-refractivity contribution in [2.75, 3.05) is 11.9 Å². The fraction of sp³-hybridized carbons (Fsp3) is 0.200. The lowest BCUT2D eigenvalue weighted by molar-refractivity contribution is 0.340. The van der Waals surface area contributed by atoms with Gasteiger partial charge in [0.25, 0.3) is 0 Å². The van der Waals surface area contributed by atoms with Crippen molar-refractivity contribution in [3.05, 3.63) is 53.9 Å². The lowest BCUT2D eigenvalue weighted by Crippen LogP contribution is -2.01. The molecular weight excluding hydrogens is 238 g/mol. The zero-order chi connectivity index (χ0) is 13.5. The third kappa shape index (κ3) is 3.71. The molecule has 0 aliphatic rings. The SMILES string of the molecule is CCOc1cccc(CNc2ccnc(C#N)c2)c1. The minimum atomic E-state index is 0.410. The van der Waals surface area contributed by atoms with Gasteiger partial charge in [-0.1, -0.05) is 12.1 Å². The normalized spacial score (nSPS) is 9.68. The Morgan fingerprint density at radius 1 is 1.32 bits per heavy atom. The zero-order valence-electron chi connectivity index (χ0n) is 10.8. The Labute approximate surface area is 112 Å². The van der Waals surface area contributed by atoms with Gasteiger partial charge in [0.15, 0.2) is 0 Å². The van der Waals surface area contributed by atoms with E-state index in [-0.39, 0.29) is 0 Å². The first-order chi connectivity index (χ1) is 9.31. The minimum absolute atomic E-state index is 0.410. The highest BCUT2D eigenvalue weighted by atomic mass is 16.5. The fourth-order valence-electron chi connectivity index (χ4n) is 1.72. The molecule has 0 aliphatic heterocycles. The van der Waals surface area contributed by atoms with Crippen molar-refractivity contribution >= 4 is 5.69 Å². The van der Waals surface area contributed by atoms with Crippen molar-refractivity contribution in [2.45, 2.75) is 13.5 Å². The van der Waals surface area contributed by atoms with Crippen LogP contribution in [0, 0.1) is 11.3 Å². The summed E-state index contributed by atoms with van der Waals surface area (Å²) < 4.78 is 5.45. The molecule has 19 heavy (non-hydrogen) atoms. The highest BCUT2D eigenvalue weighted by molar-refractivity contribution is 5.46. The van der Waals surface area contributed by atoms with E-state index in [0.29, 0.717) is 18.8 Å². The molecule has 1 N–H and O–H groups in total. The number of hydrogen-bond donors (Lipinski definition) is 1. The Morgan fingerprint density at radius 3 is 3.00 bits per heavy atom. The van der Waals surface area contributed by atoms with E-state index >= 15 is 0 Å². The van der Waals surface area contributed by atoms with Crippen LogP contribution in [0.3, 0.4) is 0 Å². The van der Waals surface area contributed by atoms with E-state index in [9.17, 15) is 0 Å². The Hall–Kier alpha value is -2.54. The van der Waals surface area contributed by atoms with Crippen LogP contribution >= 0.6 is 0 Å². The molecule has 0 spiro atoms. The number of ether oxygens (including phenoxy) is 1. The minimum Gasteiger partial charge on any atom is -0.494 e. The van der Waals surface area contributed by atoms with Crippen molar-refractivity contribution in [1.82, 2.24) is 4.98 Å². The van der Waals surface area contributed by atoms with E-state index in [1.54, 1.807) is 12.3 Å². The molecule has 2 aromatic rings. The largest absolute Gasteiger partial charge is 0.494 e. The molecule has 0 fully saturated rings. The van der Waals surface area contributed by atoms with Gasteiger partial charge in [-0.2, -0.15) is 5.26 Å². The van der Waals surface area contributed by atoms with E-state index in [2.05, 4.69) is 10.3 Å². The van der Waals surface area contributed by atoms with Gasteiger partial charge in [0, 0.05) is 18.4 Å². The van der Waals surface area contributed by atoms with E-state index in [1.165, 1.54) is 0 Å². The highest BCUT2D eigenvalue weighted by Crippen LogP contribution is 2.15. The Bertz CT molecular complexity index is 590. The number of nitrogens with zero attached hydrogens (tertiary/aromatic N) is 2. The first kappa shape index (κ1) is 12.9. The van der Waals surface area contributed by atoms with Gasteiger partial charge in [0.1, 0.15) is 17.5 Å². The van der Waals surface area contributed by atoms with Crippen molar-refractivity contribution in [1.29, 1.82) is 5.26 Å². The van der Waals surface area contributed by atoms with E-state index < -0.39 is 0 Å². The van der Waals surface area contributed by atoms with E-state index in [1.807, 2.05) is 43.3 Å². The van der Waals surface area contributed by atoms with Gasteiger partial charge in [0.2, 0.25) is 0 Å². The van der Waals surface area contributed by atoms with Gasteiger partial charge in [0.05, 0.1) is 6.61 Å². The molecule has 0 unspecified atom stereocenters. The lowest BCUT2D eigenvalue weighted by Gasteiger charge is -2.08. The molecule has 4 heteroatoms. The summed E-state index contributed by atoms with van der Waals surface area (Å²) in [5.74, 6) is 0.870. The predicted octanol–water partition coefficient (Wildman–Crippen LogP) is 2.96. The monoisotopic (exact) mass is 253 g/mol. The fourth-order valence-corrected chi connectivity index (χ4v) is 1.72. The van der Waals surface area contributed by atoms with Crippen LogP contribution in [0.4, 0.5) is 5.69 Å². The molecule has 0 saturated heterocycles. The van der Waals surface area contributed by atoms with Gasteiger partial charge >= 0.3 is 0 Å². The average Bonchev–Trinajstić information content (AvgIpc) is 2.46. The van der Waals surface area contributed by atoms with Crippen LogP contribution in [-0.4, -0.2) is 11.6 Å². The summed E-state index contributed by atoms with van der Waals surface area (Å²) in [4.78, 5) is 3.93. The topological polar surface area (TPSA) is 57.9 Å². The van der Waals surface area contributed by atoms with E-state index in [0.717, 1.165) is 17.0 Å². The second-order valence-electron chi connectivity index (χ2n) is 3.98.